The number of rotatable bonds is 6. The Morgan fingerprint density at radius 1 is 1.25 bits per heavy atom. The normalized spacial score (nSPS) is 13.3. The molecule has 0 aromatic heterocycles. The number of hydrogen-bond donors (Lipinski definition) is 2. The number of nitrogens with one attached hydrogen (secondary N) is 1. The monoisotopic (exact) mass is 276 g/mol. The highest BCUT2D eigenvalue weighted by Crippen LogP contribution is 2.22. The lowest BCUT2D eigenvalue weighted by Crippen LogP contribution is -2.45. The molecule has 0 bridgehead atoms. The maximum absolute atomic E-state index is 12.0. The average molecular weight is 276 g/mol. The highest BCUT2D eigenvalue weighted by Gasteiger charge is 2.23. The second kappa shape index (κ2) is 6.89. The lowest BCUT2D eigenvalue weighted by atomic mass is 9.84. The van der Waals surface area contributed by atoms with Crippen LogP contribution >= 0.6 is 0 Å². The Morgan fingerprint density at radius 3 is 2.30 bits per heavy atom. The van der Waals surface area contributed by atoms with Gasteiger partial charge in [0.2, 0.25) is 5.91 Å². The SMILES string of the molecule is Cc1ccc(C(C)(C)CNC(=O)[C@@H](N)CC(C)C)cc1. The van der Waals surface area contributed by atoms with Crippen LogP contribution in [0.4, 0.5) is 0 Å². The summed E-state index contributed by atoms with van der Waals surface area (Å²) in [6.45, 7) is 11.1. The van der Waals surface area contributed by atoms with Crippen LogP contribution in [0.3, 0.4) is 0 Å². The minimum Gasteiger partial charge on any atom is -0.354 e. The molecule has 0 aliphatic heterocycles. The predicted molar refractivity (Wildman–Crippen MR) is 84.6 cm³/mol. The molecule has 112 valence electrons. The zero-order valence-electron chi connectivity index (χ0n) is 13.4. The summed E-state index contributed by atoms with van der Waals surface area (Å²) in [5.74, 6) is 0.375. The van der Waals surface area contributed by atoms with Crippen molar-refractivity contribution in [2.45, 2.75) is 52.5 Å². The summed E-state index contributed by atoms with van der Waals surface area (Å²) in [6, 6.07) is 8.03. The molecule has 0 radical (unpaired) electrons. The van der Waals surface area contributed by atoms with Crippen molar-refractivity contribution in [2.24, 2.45) is 11.7 Å². The maximum Gasteiger partial charge on any atom is 0.236 e. The van der Waals surface area contributed by atoms with E-state index in [0.29, 0.717) is 12.5 Å². The maximum atomic E-state index is 12.0. The summed E-state index contributed by atoms with van der Waals surface area (Å²) in [6.07, 6.45) is 0.719. The number of nitrogens with two attached hydrogens (primary N) is 1. The van der Waals surface area contributed by atoms with Crippen LogP contribution in [0.25, 0.3) is 0 Å². The lowest BCUT2D eigenvalue weighted by Gasteiger charge is -2.27. The first-order chi connectivity index (χ1) is 9.22. The highest BCUT2D eigenvalue weighted by atomic mass is 16.2. The van der Waals surface area contributed by atoms with Crippen LogP contribution in [0.1, 0.15) is 45.2 Å². The van der Waals surface area contributed by atoms with Gasteiger partial charge in [0.15, 0.2) is 0 Å². The second-order valence-electron chi connectivity index (χ2n) is 6.70. The van der Waals surface area contributed by atoms with Crippen LogP contribution in [0, 0.1) is 12.8 Å². The number of amides is 1. The molecule has 1 rings (SSSR count). The molecule has 0 fully saturated rings. The number of aryl methyl sites for hydroxylation is 1. The van der Waals surface area contributed by atoms with E-state index < -0.39 is 6.04 Å². The molecule has 20 heavy (non-hydrogen) atoms. The molecule has 0 aliphatic carbocycles. The smallest absolute Gasteiger partial charge is 0.236 e. The molecule has 3 nitrogen and oxygen atoms in total. The topological polar surface area (TPSA) is 55.1 Å². The molecule has 3 N–H and O–H groups in total. The molecular formula is C17H28N2O. The van der Waals surface area contributed by atoms with Gasteiger partial charge in [-0.25, -0.2) is 0 Å². The van der Waals surface area contributed by atoms with Crippen LogP contribution in [0.15, 0.2) is 24.3 Å². The molecule has 0 saturated carbocycles. The van der Waals surface area contributed by atoms with Crippen molar-refractivity contribution in [3.05, 3.63) is 35.4 Å². The van der Waals surface area contributed by atoms with Crippen molar-refractivity contribution >= 4 is 5.91 Å². The van der Waals surface area contributed by atoms with Crippen molar-refractivity contribution in [1.29, 1.82) is 0 Å². The number of carbonyl (C=O) groups excluding carboxylic acids is 1. The summed E-state index contributed by atoms with van der Waals surface area (Å²) in [4.78, 5) is 12.0. The van der Waals surface area contributed by atoms with Crippen LogP contribution < -0.4 is 11.1 Å². The van der Waals surface area contributed by atoms with Gasteiger partial charge in [0.25, 0.3) is 0 Å². The molecule has 0 heterocycles. The summed E-state index contributed by atoms with van der Waals surface area (Å²) in [5, 5.41) is 2.98. The van der Waals surface area contributed by atoms with E-state index in [1.807, 2.05) is 0 Å². The fraction of sp³-hybridized carbons (Fsp3) is 0.588. The molecular weight excluding hydrogens is 248 g/mol. The zero-order chi connectivity index (χ0) is 15.3. The molecule has 1 aromatic rings. The quantitative estimate of drug-likeness (QED) is 0.839. The Labute approximate surface area is 122 Å². The van der Waals surface area contributed by atoms with Gasteiger partial charge in [-0.1, -0.05) is 57.5 Å². The first kappa shape index (κ1) is 16.7. The summed E-state index contributed by atoms with van der Waals surface area (Å²) < 4.78 is 0. The van der Waals surface area contributed by atoms with Gasteiger partial charge in [0, 0.05) is 12.0 Å². The van der Waals surface area contributed by atoms with Gasteiger partial charge < -0.3 is 11.1 Å². The van der Waals surface area contributed by atoms with E-state index in [2.05, 4.69) is 64.2 Å². The zero-order valence-corrected chi connectivity index (χ0v) is 13.4. The minimum atomic E-state index is -0.413. The van der Waals surface area contributed by atoms with E-state index in [9.17, 15) is 4.79 Å². The van der Waals surface area contributed by atoms with E-state index in [1.54, 1.807) is 0 Å². The van der Waals surface area contributed by atoms with Crippen molar-refractivity contribution in [2.75, 3.05) is 6.54 Å². The van der Waals surface area contributed by atoms with E-state index in [0.717, 1.165) is 6.42 Å². The van der Waals surface area contributed by atoms with Crippen LogP contribution in [0.2, 0.25) is 0 Å². The Balaban J connectivity index is 2.59. The van der Waals surface area contributed by atoms with E-state index in [4.69, 9.17) is 5.73 Å². The lowest BCUT2D eigenvalue weighted by molar-refractivity contribution is -0.122. The first-order valence-corrected chi connectivity index (χ1v) is 7.33. The standard InChI is InChI=1S/C17H28N2O/c1-12(2)10-15(18)16(20)19-11-17(4,5)14-8-6-13(3)7-9-14/h6-9,12,15H,10-11,18H2,1-5H3,(H,19,20)/t15-/m0/s1. The van der Waals surface area contributed by atoms with Crippen LogP contribution in [0.5, 0.6) is 0 Å². The summed E-state index contributed by atoms with van der Waals surface area (Å²) >= 11 is 0. The Morgan fingerprint density at radius 2 is 1.80 bits per heavy atom. The van der Waals surface area contributed by atoms with Gasteiger partial charge >= 0.3 is 0 Å². The van der Waals surface area contributed by atoms with Gasteiger partial charge in [0.1, 0.15) is 0 Å². The van der Waals surface area contributed by atoms with Gasteiger partial charge in [0.05, 0.1) is 6.04 Å². The van der Waals surface area contributed by atoms with E-state index in [-0.39, 0.29) is 11.3 Å². The third kappa shape index (κ3) is 4.97. The Bertz CT molecular complexity index is 435. The number of carbonyl (C=O) groups is 1. The molecule has 0 unspecified atom stereocenters. The summed E-state index contributed by atoms with van der Waals surface area (Å²) in [5.41, 5.74) is 8.26. The van der Waals surface area contributed by atoms with Gasteiger partial charge in [-0.3, -0.25) is 4.79 Å². The average Bonchev–Trinajstić information content (AvgIpc) is 2.35. The van der Waals surface area contributed by atoms with Crippen molar-refractivity contribution < 1.29 is 4.79 Å². The molecule has 1 aromatic carbocycles. The summed E-state index contributed by atoms with van der Waals surface area (Å²) in [7, 11) is 0. The fourth-order valence-electron chi connectivity index (χ4n) is 2.16. The Hall–Kier alpha value is -1.35. The van der Waals surface area contributed by atoms with Crippen LogP contribution in [-0.4, -0.2) is 18.5 Å². The molecule has 0 saturated heterocycles. The van der Waals surface area contributed by atoms with E-state index >= 15 is 0 Å². The molecule has 1 atom stereocenters. The van der Waals surface area contributed by atoms with Gasteiger partial charge in [-0.05, 0) is 24.8 Å². The highest BCUT2D eigenvalue weighted by molar-refractivity contribution is 5.81. The number of benzene rings is 1. The first-order valence-electron chi connectivity index (χ1n) is 7.33. The van der Waals surface area contributed by atoms with Gasteiger partial charge in [-0.2, -0.15) is 0 Å². The number of hydrogen-bond acceptors (Lipinski definition) is 2. The second-order valence-corrected chi connectivity index (χ2v) is 6.70. The molecule has 3 heteroatoms. The van der Waals surface area contributed by atoms with Gasteiger partial charge in [-0.15, -0.1) is 0 Å². The van der Waals surface area contributed by atoms with Crippen molar-refractivity contribution in [3.63, 3.8) is 0 Å². The Kier molecular flexibility index (Phi) is 5.75. The van der Waals surface area contributed by atoms with Crippen LogP contribution in [-0.2, 0) is 10.2 Å². The largest absolute Gasteiger partial charge is 0.354 e. The predicted octanol–water partition coefficient (Wildman–Crippen LogP) is 2.76. The van der Waals surface area contributed by atoms with Crippen molar-refractivity contribution in [1.82, 2.24) is 5.32 Å². The van der Waals surface area contributed by atoms with E-state index in [1.165, 1.54) is 11.1 Å². The third-order valence-electron chi connectivity index (χ3n) is 3.60. The fourth-order valence-corrected chi connectivity index (χ4v) is 2.16. The molecule has 0 aliphatic rings. The molecule has 0 spiro atoms. The van der Waals surface area contributed by atoms with Crippen molar-refractivity contribution in [3.8, 4) is 0 Å². The molecule has 1 amide bonds. The minimum absolute atomic E-state index is 0.0566. The third-order valence-corrected chi connectivity index (χ3v) is 3.60.